The van der Waals surface area contributed by atoms with Gasteiger partial charge in [-0.1, -0.05) is 13.0 Å². The van der Waals surface area contributed by atoms with Crippen molar-refractivity contribution in [2.45, 2.75) is 43.5 Å². The number of hydrogen-bond acceptors (Lipinski definition) is 5. The Kier molecular flexibility index (Phi) is 5.20. The molecule has 4 nitrogen and oxygen atoms in total. The lowest BCUT2D eigenvalue weighted by Crippen LogP contribution is -2.46. The molecule has 2 saturated heterocycles. The summed E-state index contributed by atoms with van der Waals surface area (Å²) in [6.07, 6.45) is 5.33. The van der Waals surface area contributed by atoms with Crippen LogP contribution in [0.1, 0.15) is 32.6 Å². The van der Waals surface area contributed by atoms with Crippen LogP contribution in [0.5, 0.6) is 11.5 Å². The molecule has 5 heteroatoms. The average Bonchev–Trinajstić information content (AvgIpc) is 2.63. The third kappa shape index (κ3) is 3.68. The van der Waals surface area contributed by atoms with E-state index in [4.69, 9.17) is 9.47 Å². The Bertz CT molecular complexity index is 552. The highest BCUT2D eigenvalue weighted by Gasteiger charge is 2.28. The Morgan fingerprint density at radius 3 is 2.50 bits per heavy atom. The van der Waals surface area contributed by atoms with Crippen molar-refractivity contribution in [1.29, 1.82) is 0 Å². The molecule has 0 saturated carbocycles. The number of rotatable bonds is 3. The van der Waals surface area contributed by atoms with Crippen molar-refractivity contribution in [3.63, 3.8) is 0 Å². The van der Waals surface area contributed by atoms with Crippen molar-refractivity contribution < 1.29 is 9.47 Å². The zero-order chi connectivity index (χ0) is 16.4. The molecular weight excluding hydrogens is 320 g/mol. The van der Waals surface area contributed by atoms with Gasteiger partial charge in [-0.15, -0.1) is 0 Å². The standard InChI is InChI=1S/C19H28N2O2S/c1-15-5-9-20(10-6-15)16-7-11-21(12-8-16)24-18-4-2-3-17-19(18)23-14-13-22-17/h2-4,15-16H,5-14H2,1H3. The molecule has 1 aromatic rings. The molecule has 0 spiro atoms. The smallest absolute Gasteiger partial charge is 0.176 e. The molecule has 0 bridgehead atoms. The summed E-state index contributed by atoms with van der Waals surface area (Å²) < 4.78 is 14.0. The number of fused-ring (bicyclic) bond motifs is 1. The van der Waals surface area contributed by atoms with E-state index in [0.717, 1.165) is 36.5 Å². The number of ether oxygens (including phenoxy) is 2. The molecule has 0 amide bonds. The van der Waals surface area contributed by atoms with Gasteiger partial charge in [-0.25, -0.2) is 4.31 Å². The quantitative estimate of drug-likeness (QED) is 0.776. The zero-order valence-corrected chi connectivity index (χ0v) is 15.4. The third-order valence-corrected chi connectivity index (χ3v) is 6.66. The highest BCUT2D eigenvalue weighted by molar-refractivity contribution is 7.97. The molecule has 3 aliphatic rings. The molecule has 0 aromatic heterocycles. The molecule has 24 heavy (non-hydrogen) atoms. The van der Waals surface area contributed by atoms with Crippen LogP contribution < -0.4 is 9.47 Å². The zero-order valence-electron chi connectivity index (χ0n) is 14.6. The summed E-state index contributed by atoms with van der Waals surface area (Å²) in [7, 11) is 0. The fourth-order valence-corrected chi connectivity index (χ4v) is 5.00. The van der Waals surface area contributed by atoms with E-state index in [1.54, 1.807) is 0 Å². The van der Waals surface area contributed by atoms with Gasteiger partial charge in [0.1, 0.15) is 13.2 Å². The van der Waals surface area contributed by atoms with Crippen molar-refractivity contribution in [1.82, 2.24) is 9.21 Å². The summed E-state index contributed by atoms with van der Waals surface area (Å²) in [5.41, 5.74) is 0. The summed E-state index contributed by atoms with van der Waals surface area (Å²) >= 11 is 1.84. The van der Waals surface area contributed by atoms with Gasteiger partial charge >= 0.3 is 0 Å². The molecule has 0 radical (unpaired) electrons. The van der Waals surface area contributed by atoms with Crippen molar-refractivity contribution in [2.75, 3.05) is 39.4 Å². The number of para-hydroxylation sites is 1. The molecule has 132 valence electrons. The maximum absolute atomic E-state index is 5.84. The van der Waals surface area contributed by atoms with Crippen molar-refractivity contribution in [2.24, 2.45) is 5.92 Å². The lowest BCUT2D eigenvalue weighted by atomic mass is 9.95. The lowest BCUT2D eigenvalue weighted by molar-refractivity contribution is 0.103. The van der Waals surface area contributed by atoms with Crippen molar-refractivity contribution >= 4 is 11.9 Å². The van der Waals surface area contributed by atoms with Gasteiger partial charge in [-0.2, -0.15) is 0 Å². The van der Waals surface area contributed by atoms with Crippen LogP contribution in [0.25, 0.3) is 0 Å². The predicted octanol–water partition coefficient (Wildman–Crippen LogP) is 3.66. The Hall–Kier alpha value is -0.910. The van der Waals surface area contributed by atoms with E-state index in [1.165, 1.54) is 43.7 Å². The van der Waals surface area contributed by atoms with E-state index in [2.05, 4.69) is 28.3 Å². The number of likely N-dealkylation sites (tertiary alicyclic amines) is 1. The van der Waals surface area contributed by atoms with Gasteiger partial charge in [0.2, 0.25) is 0 Å². The fraction of sp³-hybridized carbons (Fsp3) is 0.684. The minimum Gasteiger partial charge on any atom is -0.486 e. The van der Waals surface area contributed by atoms with E-state index in [0.29, 0.717) is 13.2 Å². The maximum Gasteiger partial charge on any atom is 0.176 e. The van der Waals surface area contributed by atoms with Crippen LogP contribution in [0.2, 0.25) is 0 Å². The van der Waals surface area contributed by atoms with E-state index < -0.39 is 0 Å². The van der Waals surface area contributed by atoms with E-state index in [1.807, 2.05) is 18.0 Å². The molecule has 3 aliphatic heterocycles. The molecule has 4 rings (SSSR count). The Morgan fingerprint density at radius 2 is 1.71 bits per heavy atom. The Labute approximate surface area is 149 Å². The molecule has 3 heterocycles. The second-order valence-corrected chi connectivity index (χ2v) is 8.39. The summed E-state index contributed by atoms with van der Waals surface area (Å²) in [6.45, 7) is 8.62. The first kappa shape index (κ1) is 16.6. The largest absolute Gasteiger partial charge is 0.486 e. The Balaban J connectivity index is 1.32. The SMILES string of the molecule is CC1CCN(C2CCN(Sc3cccc4c3OCCO4)CC2)CC1. The van der Waals surface area contributed by atoms with Crippen LogP contribution in [0, 0.1) is 5.92 Å². The summed E-state index contributed by atoms with van der Waals surface area (Å²) in [5.74, 6) is 2.74. The molecule has 0 aliphatic carbocycles. The first-order chi connectivity index (χ1) is 11.8. The maximum atomic E-state index is 5.84. The fourth-order valence-electron chi connectivity index (χ4n) is 3.95. The van der Waals surface area contributed by atoms with Gasteiger partial charge in [-0.3, -0.25) is 0 Å². The number of piperidine rings is 2. The van der Waals surface area contributed by atoms with Crippen LogP contribution in [-0.4, -0.2) is 54.6 Å². The normalized spacial score (nSPS) is 24.2. The number of benzene rings is 1. The first-order valence-electron chi connectivity index (χ1n) is 9.35. The molecule has 0 atom stereocenters. The monoisotopic (exact) mass is 348 g/mol. The Morgan fingerprint density at radius 1 is 0.958 bits per heavy atom. The summed E-state index contributed by atoms with van der Waals surface area (Å²) in [6, 6.07) is 7.01. The van der Waals surface area contributed by atoms with Crippen LogP contribution in [0.15, 0.2) is 23.1 Å². The highest BCUT2D eigenvalue weighted by Crippen LogP contribution is 2.41. The van der Waals surface area contributed by atoms with E-state index in [9.17, 15) is 0 Å². The number of hydrogen-bond donors (Lipinski definition) is 0. The number of nitrogens with zero attached hydrogens (tertiary/aromatic N) is 2. The van der Waals surface area contributed by atoms with E-state index >= 15 is 0 Å². The van der Waals surface area contributed by atoms with Crippen LogP contribution in [0.3, 0.4) is 0 Å². The molecule has 2 fully saturated rings. The van der Waals surface area contributed by atoms with Gasteiger partial charge in [0, 0.05) is 19.1 Å². The minimum absolute atomic E-state index is 0.653. The van der Waals surface area contributed by atoms with Crippen LogP contribution >= 0.6 is 11.9 Å². The van der Waals surface area contributed by atoms with E-state index in [-0.39, 0.29) is 0 Å². The van der Waals surface area contributed by atoms with Gasteiger partial charge in [0.05, 0.1) is 4.90 Å². The minimum atomic E-state index is 0.653. The van der Waals surface area contributed by atoms with Crippen molar-refractivity contribution in [3.8, 4) is 11.5 Å². The molecule has 0 N–H and O–H groups in total. The van der Waals surface area contributed by atoms with Crippen LogP contribution in [-0.2, 0) is 0 Å². The second kappa shape index (κ2) is 7.54. The summed E-state index contributed by atoms with van der Waals surface area (Å²) in [5, 5.41) is 0. The van der Waals surface area contributed by atoms with Crippen LogP contribution in [0.4, 0.5) is 0 Å². The highest BCUT2D eigenvalue weighted by atomic mass is 32.2. The predicted molar refractivity (Wildman–Crippen MR) is 97.9 cm³/mol. The first-order valence-corrected chi connectivity index (χ1v) is 10.1. The molecular formula is C19H28N2O2S. The van der Waals surface area contributed by atoms with Gasteiger partial charge < -0.3 is 14.4 Å². The molecule has 1 aromatic carbocycles. The average molecular weight is 349 g/mol. The topological polar surface area (TPSA) is 24.9 Å². The summed E-state index contributed by atoms with van der Waals surface area (Å²) in [4.78, 5) is 3.93. The van der Waals surface area contributed by atoms with Gasteiger partial charge in [0.25, 0.3) is 0 Å². The third-order valence-electron chi connectivity index (χ3n) is 5.52. The second-order valence-electron chi connectivity index (χ2n) is 7.25. The van der Waals surface area contributed by atoms with Gasteiger partial charge in [0.15, 0.2) is 11.5 Å². The van der Waals surface area contributed by atoms with Crippen molar-refractivity contribution in [3.05, 3.63) is 18.2 Å². The lowest BCUT2D eigenvalue weighted by Gasteiger charge is -2.41. The molecule has 0 unspecified atom stereocenters. The van der Waals surface area contributed by atoms with Gasteiger partial charge in [-0.05, 0) is 68.8 Å².